The van der Waals surface area contributed by atoms with Gasteiger partial charge in [-0.2, -0.15) is 0 Å². The molecule has 0 fully saturated rings. The molecule has 9 heteroatoms. The molecule has 500 valence electrons. The first-order chi connectivity index (χ1) is 41.0. The summed E-state index contributed by atoms with van der Waals surface area (Å²) >= 11 is 0. The minimum absolute atomic E-state index is 0.0643. The van der Waals surface area contributed by atoms with Crippen molar-refractivity contribution in [3.8, 4) is 0 Å². The van der Waals surface area contributed by atoms with Crippen molar-refractivity contribution >= 4 is 13.7 Å². The van der Waals surface area contributed by atoms with Gasteiger partial charge in [0.05, 0.1) is 39.9 Å². The Labute approximate surface area is 525 Å². The van der Waals surface area contributed by atoms with Crippen molar-refractivity contribution in [3.63, 3.8) is 0 Å². The van der Waals surface area contributed by atoms with E-state index < -0.39 is 20.0 Å². The number of aliphatic hydroxyl groups excluding tert-OH is 1. The molecule has 0 aliphatic heterocycles. The number of unbranched alkanes of at least 4 members (excludes halogenated alkanes) is 56. The average molecular weight is 1210 g/mol. The van der Waals surface area contributed by atoms with Gasteiger partial charge in [0.25, 0.3) is 0 Å². The van der Waals surface area contributed by atoms with Gasteiger partial charge >= 0.3 is 7.82 Å². The highest BCUT2D eigenvalue weighted by atomic mass is 31.2. The molecule has 0 spiro atoms. The lowest BCUT2D eigenvalue weighted by Crippen LogP contribution is -2.45. The summed E-state index contributed by atoms with van der Waals surface area (Å²) in [6.45, 7) is 4.89. The first-order valence-corrected chi connectivity index (χ1v) is 39.2. The van der Waals surface area contributed by atoms with Crippen LogP contribution < -0.4 is 5.32 Å². The zero-order chi connectivity index (χ0) is 61.2. The molecule has 1 amide bonds. The predicted octanol–water partition coefficient (Wildman–Crippen LogP) is 24.2. The molecule has 0 aromatic carbocycles. The van der Waals surface area contributed by atoms with Crippen molar-refractivity contribution in [1.29, 1.82) is 0 Å². The number of likely N-dealkylation sites (N-methyl/N-ethyl adjacent to an activating group) is 1. The number of rotatable bonds is 71. The molecular formula is C75H150N2O6P+. The summed E-state index contributed by atoms with van der Waals surface area (Å²) in [5.41, 5.74) is 0. The molecule has 0 aromatic heterocycles. The fourth-order valence-corrected chi connectivity index (χ4v) is 12.5. The monoisotopic (exact) mass is 1210 g/mol. The second kappa shape index (κ2) is 66.4. The Bertz CT molecular complexity index is 1420. The number of hydrogen-bond donors (Lipinski definition) is 3. The van der Waals surface area contributed by atoms with Crippen molar-refractivity contribution in [2.45, 2.75) is 411 Å². The minimum Gasteiger partial charge on any atom is -0.387 e. The summed E-state index contributed by atoms with van der Waals surface area (Å²) in [6.07, 6.45) is 87.8. The third kappa shape index (κ3) is 68.5. The van der Waals surface area contributed by atoms with Crippen molar-refractivity contribution in [1.82, 2.24) is 5.32 Å². The number of quaternary nitrogens is 1. The largest absolute Gasteiger partial charge is 0.472 e. The molecule has 0 bridgehead atoms. The Morgan fingerprint density at radius 3 is 0.917 bits per heavy atom. The average Bonchev–Trinajstić information content (AvgIpc) is 3.56. The van der Waals surface area contributed by atoms with Crippen molar-refractivity contribution < 1.29 is 32.9 Å². The van der Waals surface area contributed by atoms with Gasteiger partial charge in [-0.15, -0.1) is 0 Å². The maximum absolute atomic E-state index is 13.1. The lowest BCUT2D eigenvalue weighted by atomic mass is 10.0. The summed E-state index contributed by atoms with van der Waals surface area (Å²) in [7, 11) is 1.59. The summed E-state index contributed by atoms with van der Waals surface area (Å²) in [4.78, 5) is 23.4. The van der Waals surface area contributed by atoms with Crippen molar-refractivity contribution in [3.05, 3.63) is 24.3 Å². The molecule has 84 heavy (non-hydrogen) atoms. The third-order valence-corrected chi connectivity index (χ3v) is 18.6. The van der Waals surface area contributed by atoms with E-state index in [1.165, 1.54) is 347 Å². The van der Waals surface area contributed by atoms with Crippen LogP contribution in [0.15, 0.2) is 24.3 Å². The van der Waals surface area contributed by atoms with Crippen LogP contribution >= 0.6 is 7.82 Å². The van der Waals surface area contributed by atoms with Gasteiger partial charge in [-0.05, 0) is 44.9 Å². The SMILES string of the molecule is CCCCCCCCCCCCCCCCCC/C=C\CCCCCCCCCCCCCCCCCCCC(=O)NC(COP(=O)(O)OCC[N+](C)(C)C)C(O)/C=C/CCCCCCCCCCCCCCCCCCCCCCCCC. The topological polar surface area (TPSA) is 105 Å². The maximum Gasteiger partial charge on any atom is 0.472 e. The van der Waals surface area contributed by atoms with Crippen LogP contribution in [0.2, 0.25) is 0 Å². The molecule has 0 saturated heterocycles. The van der Waals surface area contributed by atoms with Gasteiger partial charge in [0.1, 0.15) is 13.2 Å². The molecule has 0 aromatic rings. The number of allylic oxidation sites excluding steroid dienone is 3. The maximum atomic E-state index is 13.1. The molecule has 0 aliphatic rings. The molecule has 3 N–H and O–H groups in total. The van der Waals surface area contributed by atoms with Crippen LogP contribution in [-0.4, -0.2) is 73.4 Å². The molecule has 3 atom stereocenters. The zero-order valence-corrected chi connectivity index (χ0v) is 58.3. The molecule has 0 rings (SSSR count). The van der Waals surface area contributed by atoms with Crippen molar-refractivity contribution in [2.75, 3.05) is 40.9 Å². The molecule has 0 heterocycles. The smallest absolute Gasteiger partial charge is 0.387 e. The van der Waals surface area contributed by atoms with E-state index in [2.05, 4.69) is 31.3 Å². The van der Waals surface area contributed by atoms with Crippen LogP contribution in [0.25, 0.3) is 0 Å². The lowest BCUT2D eigenvalue weighted by Gasteiger charge is -2.25. The fraction of sp³-hybridized carbons (Fsp3) is 0.933. The number of phosphoric acid groups is 1. The van der Waals surface area contributed by atoms with Gasteiger partial charge in [0.2, 0.25) is 5.91 Å². The Kier molecular flexibility index (Phi) is 65.6. The number of nitrogens with zero attached hydrogens (tertiary/aromatic N) is 1. The van der Waals surface area contributed by atoms with E-state index in [9.17, 15) is 19.4 Å². The Balaban J connectivity index is 3.96. The Morgan fingerprint density at radius 1 is 0.393 bits per heavy atom. The van der Waals surface area contributed by atoms with Crippen LogP contribution in [0.3, 0.4) is 0 Å². The van der Waals surface area contributed by atoms with E-state index in [1.54, 1.807) is 6.08 Å². The quantitative estimate of drug-likeness (QED) is 0.0243. The number of amides is 1. The summed E-state index contributed by atoms with van der Waals surface area (Å²) in [5, 5.41) is 14.0. The highest BCUT2D eigenvalue weighted by molar-refractivity contribution is 7.47. The van der Waals surface area contributed by atoms with E-state index in [0.29, 0.717) is 17.4 Å². The van der Waals surface area contributed by atoms with Crippen LogP contribution in [0, 0.1) is 0 Å². The lowest BCUT2D eigenvalue weighted by molar-refractivity contribution is -0.870. The second-order valence-corrected chi connectivity index (χ2v) is 28.8. The van der Waals surface area contributed by atoms with Gasteiger partial charge in [0.15, 0.2) is 0 Å². The first-order valence-electron chi connectivity index (χ1n) is 37.7. The van der Waals surface area contributed by atoms with Crippen LogP contribution in [0.4, 0.5) is 0 Å². The fourth-order valence-electron chi connectivity index (χ4n) is 11.8. The van der Waals surface area contributed by atoms with E-state index in [0.717, 1.165) is 32.1 Å². The molecule has 0 aliphatic carbocycles. The van der Waals surface area contributed by atoms with Gasteiger partial charge in [-0.25, -0.2) is 4.57 Å². The summed E-state index contributed by atoms with van der Waals surface area (Å²) < 4.78 is 23.9. The predicted molar refractivity (Wildman–Crippen MR) is 369 cm³/mol. The Morgan fingerprint density at radius 2 is 0.643 bits per heavy atom. The number of nitrogens with one attached hydrogen (secondary N) is 1. The van der Waals surface area contributed by atoms with E-state index in [-0.39, 0.29) is 19.1 Å². The number of hydrogen-bond acceptors (Lipinski definition) is 5. The minimum atomic E-state index is -4.35. The van der Waals surface area contributed by atoms with Gasteiger partial charge in [-0.1, -0.05) is 372 Å². The van der Waals surface area contributed by atoms with Gasteiger partial charge < -0.3 is 19.8 Å². The number of carbonyl (C=O) groups excluding carboxylic acids is 1. The number of carbonyl (C=O) groups is 1. The normalized spacial score (nSPS) is 13.7. The number of aliphatic hydroxyl groups is 1. The summed E-state index contributed by atoms with van der Waals surface area (Å²) in [5.74, 6) is -0.168. The molecule has 0 saturated carbocycles. The third-order valence-electron chi connectivity index (χ3n) is 17.7. The number of phosphoric ester groups is 1. The molecule has 0 radical (unpaired) electrons. The van der Waals surface area contributed by atoms with E-state index in [4.69, 9.17) is 9.05 Å². The van der Waals surface area contributed by atoms with Crippen LogP contribution in [0.1, 0.15) is 399 Å². The molecule has 3 unspecified atom stereocenters. The van der Waals surface area contributed by atoms with Gasteiger partial charge in [0, 0.05) is 6.42 Å². The Hall–Kier alpha value is -1.02. The van der Waals surface area contributed by atoms with Crippen molar-refractivity contribution in [2.24, 2.45) is 0 Å². The molecular weight excluding hydrogens is 1060 g/mol. The first kappa shape index (κ1) is 83.0. The summed E-state index contributed by atoms with van der Waals surface area (Å²) in [6, 6.07) is -0.846. The highest BCUT2D eigenvalue weighted by Gasteiger charge is 2.28. The van der Waals surface area contributed by atoms with Gasteiger partial charge in [-0.3, -0.25) is 13.8 Å². The van der Waals surface area contributed by atoms with Crippen LogP contribution in [-0.2, 0) is 18.4 Å². The second-order valence-electron chi connectivity index (χ2n) is 27.4. The van der Waals surface area contributed by atoms with E-state index in [1.807, 2.05) is 27.2 Å². The highest BCUT2D eigenvalue weighted by Crippen LogP contribution is 2.43. The van der Waals surface area contributed by atoms with E-state index >= 15 is 0 Å². The zero-order valence-electron chi connectivity index (χ0n) is 57.4. The molecule has 8 nitrogen and oxygen atoms in total. The van der Waals surface area contributed by atoms with Crippen LogP contribution in [0.5, 0.6) is 0 Å². The standard InChI is InChI=1S/C75H149N2O6P/c1-6-8-10-12-14-16-18-20-22-24-26-28-30-32-33-34-35-36-37-38-39-40-41-42-43-45-47-49-51-53-55-57-59-61-63-65-67-69-75(79)76-73(72-83-84(80,81)82-71-70-77(3,4)5)74(78)68-66-64-62-60-58-56-54-52-50-48-46-44-31-29-27-25-23-21-19-17-15-13-11-9-7-2/h36-37,66,68,73-74,78H,6-35,38-65,67,69-72H2,1-5H3,(H-,76,79,80,81)/p+1/b37-36-,68-66+.